The number of fused-ring (bicyclic) bond motifs is 1. The molecule has 7 nitrogen and oxygen atoms in total. The van der Waals surface area contributed by atoms with Gasteiger partial charge in [-0.3, -0.25) is 9.69 Å². The fraction of sp³-hybridized carbons (Fsp3) is 0.407. The standard InChI is InChI=1S/C27H33ClN6O/c1-6-9-24(25-30-31-32-34(25)27(3,4)5)33(16-19-10-7-8-11-22(19)28)17-21-15-20-14-18(2)12-13-23(20)29-26(21)35/h7-8,10-15,24H,6,9,16-17H2,1-5H3,(H,29,35). The number of benzene rings is 2. The van der Waals surface area contributed by atoms with Gasteiger partial charge in [0.15, 0.2) is 5.82 Å². The molecule has 1 unspecified atom stereocenters. The highest BCUT2D eigenvalue weighted by atomic mass is 35.5. The van der Waals surface area contributed by atoms with E-state index in [0.29, 0.717) is 23.7 Å². The van der Waals surface area contributed by atoms with Gasteiger partial charge in [-0.1, -0.05) is 54.8 Å². The van der Waals surface area contributed by atoms with Crippen LogP contribution in [-0.4, -0.2) is 30.1 Å². The van der Waals surface area contributed by atoms with Crippen LogP contribution in [0.4, 0.5) is 0 Å². The molecule has 8 heteroatoms. The summed E-state index contributed by atoms with van der Waals surface area (Å²) in [6, 6.07) is 15.8. The molecule has 184 valence electrons. The van der Waals surface area contributed by atoms with Gasteiger partial charge in [-0.15, -0.1) is 5.10 Å². The van der Waals surface area contributed by atoms with Crippen molar-refractivity contribution in [1.29, 1.82) is 0 Å². The molecule has 0 radical (unpaired) electrons. The summed E-state index contributed by atoms with van der Waals surface area (Å²) in [6.45, 7) is 11.5. The Bertz CT molecular complexity index is 1370. The normalized spacial score (nSPS) is 13.0. The quantitative estimate of drug-likeness (QED) is 0.337. The van der Waals surface area contributed by atoms with Crippen molar-refractivity contribution in [2.75, 3.05) is 0 Å². The number of tetrazole rings is 1. The zero-order valence-corrected chi connectivity index (χ0v) is 21.8. The van der Waals surface area contributed by atoms with Crippen molar-refractivity contribution < 1.29 is 0 Å². The minimum Gasteiger partial charge on any atom is -0.322 e. The first-order valence-electron chi connectivity index (χ1n) is 12.1. The lowest BCUT2D eigenvalue weighted by molar-refractivity contribution is 0.148. The van der Waals surface area contributed by atoms with Crippen molar-refractivity contribution >= 4 is 22.5 Å². The van der Waals surface area contributed by atoms with Crippen molar-refractivity contribution in [2.24, 2.45) is 0 Å². The van der Waals surface area contributed by atoms with Crippen LogP contribution in [0.25, 0.3) is 10.9 Å². The molecule has 0 fully saturated rings. The smallest absolute Gasteiger partial charge is 0.252 e. The van der Waals surface area contributed by atoms with Crippen LogP contribution in [0.2, 0.25) is 5.02 Å². The molecule has 4 rings (SSSR count). The Balaban J connectivity index is 1.81. The SMILES string of the molecule is CCCC(c1nnnn1C(C)(C)C)N(Cc1ccccc1Cl)Cc1cc2cc(C)ccc2[nH]c1=O. The highest BCUT2D eigenvalue weighted by molar-refractivity contribution is 6.31. The first kappa shape index (κ1) is 25.1. The lowest BCUT2D eigenvalue weighted by Crippen LogP contribution is -2.35. The summed E-state index contributed by atoms with van der Waals surface area (Å²) in [5, 5.41) is 14.5. The van der Waals surface area contributed by atoms with Crippen molar-refractivity contribution in [3.05, 3.63) is 86.4 Å². The van der Waals surface area contributed by atoms with E-state index in [4.69, 9.17) is 11.6 Å². The molecule has 1 atom stereocenters. The lowest BCUT2D eigenvalue weighted by Gasteiger charge is -2.33. The average Bonchev–Trinajstić information content (AvgIpc) is 3.29. The number of aryl methyl sites for hydroxylation is 1. The van der Waals surface area contributed by atoms with Gasteiger partial charge in [-0.2, -0.15) is 0 Å². The Morgan fingerprint density at radius 2 is 1.83 bits per heavy atom. The highest BCUT2D eigenvalue weighted by Gasteiger charge is 2.30. The Morgan fingerprint density at radius 1 is 1.09 bits per heavy atom. The van der Waals surface area contributed by atoms with Crippen LogP contribution in [0.5, 0.6) is 0 Å². The van der Waals surface area contributed by atoms with E-state index in [1.165, 1.54) is 0 Å². The Kier molecular flexibility index (Phi) is 7.38. The summed E-state index contributed by atoms with van der Waals surface area (Å²) in [4.78, 5) is 18.4. The molecule has 0 saturated carbocycles. The maximum Gasteiger partial charge on any atom is 0.252 e. The van der Waals surface area contributed by atoms with Crippen molar-refractivity contribution in [1.82, 2.24) is 30.1 Å². The first-order valence-corrected chi connectivity index (χ1v) is 12.4. The molecule has 2 aromatic carbocycles. The van der Waals surface area contributed by atoms with E-state index in [-0.39, 0.29) is 17.1 Å². The van der Waals surface area contributed by atoms with Crippen LogP contribution >= 0.6 is 11.6 Å². The van der Waals surface area contributed by atoms with Crippen LogP contribution in [0.1, 0.15) is 69.1 Å². The fourth-order valence-electron chi connectivity index (χ4n) is 4.46. The van der Waals surface area contributed by atoms with E-state index in [9.17, 15) is 4.79 Å². The third-order valence-corrected chi connectivity index (χ3v) is 6.58. The van der Waals surface area contributed by atoms with Crippen LogP contribution in [0.3, 0.4) is 0 Å². The molecule has 0 aliphatic carbocycles. The van der Waals surface area contributed by atoms with Gasteiger partial charge in [0.2, 0.25) is 0 Å². The number of hydrogen-bond acceptors (Lipinski definition) is 5. The molecule has 2 aromatic heterocycles. The van der Waals surface area contributed by atoms with Crippen LogP contribution in [0, 0.1) is 6.92 Å². The van der Waals surface area contributed by atoms with Crippen LogP contribution in [-0.2, 0) is 18.6 Å². The average molecular weight is 493 g/mol. The van der Waals surface area contributed by atoms with E-state index >= 15 is 0 Å². The summed E-state index contributed by atoms with van der Waals surface area (Å²) in [5.74, 6) is 0.791. The summed E-state index contributed by atoms with van der Waals surface area (Å²) < 4.78 is 1.89. The molecule has 4 aromatic rings. The summed E-state index contributed by atoms with van der Waals surface area (Å²) in [7, 11) is 0. The molecule has 35 heavy (non-hydrogen) atoms. The van der Waals surface area contributed by atoms with Crippen molar-refractivity contribution in [2.45, 2.75) is 72.1 Å². The van der Waals surface area contributed by atoms with Crippen LogP contribution in [0.15, 0.2) is 53.3 Å². The van der Waals surface area contributed by atoms with Gasteiger partial charge in [-0.05, 0) is 79.8 Å². The number of H-pyrrole nitrogens is 1. The number of pyridine rings is 1. The number of hydrogen-bond donors (Lipinski definition) is 1. The molecule has 0 bridgehead atoms. The van der Waals surface area contributed by atoms with E-state index in [1.54, 1.807) is 0 Å². The number of rotatable bonds is 8. The molecule has 0 saturated heterocycles. The second-order valence-electron chi connectivity index (χ2n) is 10.1. The third kappa shape index (κ3) is 5.63. The van der Waals surface area contributed by atoms with Crippen LogP contribution < -0.4 is 5.56 Å². The second kappa shape index (κ2) is 10.3. The number of nitrogens with one attached hydrogen (secondary N) is 1. The minimum atomic E-state index is -0.279. The molecular formula is C27H33ClN6O. The Hall–Kier alpha value is -3.03. The van der Waals surface area contributed by atoms with Gasteiger partial charge in [0.1, 0.15) is 0 Å². The van der Waals surface area contributed by atoms with Gasteiger partial charge >= 0.3 is 0 Å². The van der Waals surface area contributed by atoms with E-state index in [2.05, 4.69) is 66.1 Å². The first-order chi connectivity index (χ1) is 16.7. The maximum absolute atomic E-state index is 13.1. The summed E-state index contributed by atoms with van der Waals surface area (Å²) >= 11 is 6.57. The summed E-state index contributed by atoms with van der Waals surface area (Å²) in [5.41, 5.74) is 3.32. The van der Waals surface area contributed by atoms with E-state index < -0.39 is 0 Å². The zero-order chi connectivity index (χ0) is 25.2. The lowest BCUT2D eigenvalue weighted by atomic mass is 10.0. The number of aromatic amines is 1. The molecule has 0 spiro atoms. The van der Waals surface area contributed by atoms with E-state index in [0.717, 1.165) is 40.7 Å². The molecule has 0 aliphatic rings. The van der Waals surface area contributed by atoms with Gasteiger partial charge in [0.25, 0.3) is 5.56 Å². The van der Waals surface area contributed by atoms with E-state index in [1.807, 2.05) is 47.1 Å². The Labute approximate surface area is 211 Å². The Morgan fingerprint density at radius 3 is 2.54 bits per heavy atom. The van der Waals surface area contributed by atoms with Crippen molar-refractivity contribution in [3.63, 3.8) is 0 Å². The van der Waals surface area contributed by atoms with Gasteiger partial charge in [-0.25, -0.2) is 4.68 Å². The predicted molar refractivity (Wildman–Crippen MR) is 140 cm³/mol. The minimum absolute atomic E-state index is 0.0869. The maximum atomic E-state index is 13.1. The predicted octanol–water partition coefficient (Wildman–Crippen LogP) is 5.78. The molecular weight excluding hydrogens is 460 g/mol. The number of halogens is 1. The molecule has 2 heterocycles. The molecule has 0 aliphatic heterocycles. The summed E-state index contributed by atoms with van der Waals surface area (Å²) in [6.07, 6.45) is 1.78. The third-order valence-electron chi connectivity index (χ3n) is 6.21. The zero-order valence-electron chi connectivity index (χ0n) is 21.0. The number of nitrogens with zero attached hydrogens (tertiary/aromatic N) is 5. The molecule has 0 amide bonds. The largest absolute Gasteiger partial charge is 0.322 e. The monoisotopic (exact) mass is 492 g/mol. The molecule has 1 N–H and O–H groups in total. The van der Waals surface area contributed by atoms with Gasteiger partial charge in [0.05, 0.1) is 11.6 Å². The van der Waals surface area contributed by atoms with Crippen molar-refractivity contribution in [3.8, 4) is 0 Å². The van der Waals surface area contributed by atoms with Gasteiger partial charge < -0.3 is 4.98 Å². The van der Waals surface area contributed by atoms with Gasteiger partial charge in [0, 0.05) is 29.2 Å². The highest BCUT2D eigenvalue weighted by Crippen LogP contribution is 2.31. The second-order valence-corrected chi connectivity index (χ2v) is 10.5. The number of aromatic nitrogens is 5. The fourth-order valence-corrected chi connectivity index (χ4v) is 4.65. The topological polar surface area (TPSA) is 79.7 Å².